The molecule has 0 aliphatic carbocycles. The zero-order chi connectivity index (χ0) is 15.1. The van der Waals surface area contributed by atoms with E-state index in [0.29, 0.717) is 6.04 Å². The predicted octanol–water partition coefficient (Wildman–Crippen LogP) is 4.46. The topological polar surface area (TPSA) is 12.0 Å². The van der Waals surface area contributed by atoms with Crippen LogP contribution in [0.5, 0.6) is 0 Å². The second kappa shape index (κ2) is 7.99. The van der Waals surface area contributed by atoms with Crippen molar-refractivity contribution in [3.63, 3.8) is 0 Å². The highest BCUT2D eigenvalue weighted by Gasteiger charge is 2.10. The van der Waals surface area contributed by atoms with Gasteiger partial charge in [-0.25, -0.2) is 0 Å². The highest BCUT2D eigenvalue weighted by Crippen LogP contribution is 2.17. The molecule has 0 aromatic heterocycles. The molecule has 2 aromatic carbocycles. The molecule has 1 unspecified atom stereocenters. The molecule has 1 atom stereocenters. The van der Waals surface area contributed by atoms with Crippen molar-refractivity contribution in [2.45, 2.75) is 45.6 Å². The summed E-state index contributed by atoms with van der Waals surface area (Å²) in [6, 6.07) is 17.9. The van der Waals surface area contributed by atoms with Gasteiger partial charge in [-0.15, -0.1) is 0 Å². The third-order valence-corrected chi connectivity index (χ3v) is 4.36. The van der Waals surface area contributed by atoms with Crippen molar-refractivity contribution in [1.82, 2.24) is 5.32 Å². The molecule has 2 aromatic rings. The lowest BCUT2D eigenvalue weighted by Crippen LogP contribution is -2.28. The van der Waals surface area contributed by atoms with Crippen molar-refractivity contribution in [2.75, 3.05) is 7.05 Å². The zero-order valence-corrected chi connectivity index (χ0v) is 13.5. The van der Waals surface area contributed by atoms with Crippen LogP contribution in [0.3, 0.4) is 0 Å². The molecule has 0 saturated heterocycles. The van der Waals surface area contributed by atoms with Crippen LogP contribution < -0.4 is 5.32 Å². The molecule has 21 heavy (non-hydrogen) atoms. The molecule has 0 radical (unpaired) electrons. The van der Waals surface area contributed by atoms with E-state index in [4.69, 9.17) is 0 Å². The van der Waals surface area contributed by atoms with Gasteiger partial charge in [0.2, 0.25) is 0 Å². The van der Waals surface area contributed by atoms with E-state index in [1.165, 1.54) is 41.5 Å². The Labute approximate surface area is 129 Å². The molecule has 0 heterocycles. The Kier molecular flexibility index (Phi) is 6.01. The summed E-state index contributed by atoms with van der Waals surface area (Å²) in [7, 11) is 2.08. The van der Waals surface area contributed by atoms with Crippen LogP contribution in [0, 0.1) is 13.8 Å². The summed E-state index contributed by atoms with van der Waals surface area (Å²) in [5.74, 6) is 0. The first kappa shape index (κ1) is 15.8. The van der Waals surface area contributed by atoms with Gasteiger partial charge >= 0.3 is 0 Å². The Balaban J connectivity index is 1.89. The summed E-state index contributed by atoms with van der Waals surface area (Å²) < 4.78 is 0. The first-order chi connectivity index (χ1) is 10.2. The molecule has 112 valence electrons. The molecule has 2 rings (SSSR count). The van der Waals surface area contributed by atoms with Gasteiger partial charge in [-0.1, -0.05) is 48.5 Å². The van der Waals surface area contributed by atoms with Gasteiger partial charge in [-0.3, -0.25) is 0 Å². The number of rotatable bonds is 7. The minimum Gasteiger partial charge on any atom is -0.317 e. The molecule has 0 aliphatic heterocycles. The second-order valence-corrected chi connectivity index (χ2v) is 5.94. The van der Waals surface area contributed by atoms with Crippen LogP contribution in [0.4, 0.5) is 0 Å². The molecule has 0 fully saturated rings. The summed E-state index contributed by atoms with van der Waals surface area (Å²) in [5, 5.41) is 3.49. The van der Waals surface area contributed by atoms with Crippen LogP contribution in [0.2, 0.25) is 0 Å². The minimum absolute atomic E-state index is 0.563. The van der Waals surface area contributed by atoms with Gasteiger partial charge < -0.3 is 5.32 Å². The molecule has 1 N–H and O–H groups in total. The maximum atomic E-state index is 3.49. The highest BCUT2D eigenvalue weighted by atomic mass is 14.9. The smallest absolute Gasteiger partial charge is 0.0105 e. The Bertz CT molecular complexity index is 525. The standard InChI is InChI=1S/C20H27N/c1-16-9-7-10-17(2)20(16)15-19(21-3)14-8-13-18-11-5-4-6-12-18/h4-7,9-12,19,21H,8,13-15H2,1-3H3. The monoisotopic (exact) mass is 281 g/mol. The lowest BCUT2D eigenvalue weighted by atomic mass is 9.93. The van der Waals surface area contributed by atoms with Gasteiger partial charge in [0, 0.05) is 6.04 Å². The molecule has 0 bridgehead atoms. The van der Waals surface area contributed by atoms with Crippen molar-refractivity contribution in [1.29, 1.82) is 0 Å². The first-order valence-electron chi connectivity index (χ1n) is 7.97. The Hall–Kier alpha value is -1.60. The van der Waals surface area contributed by atoms with E-state index in [1.54, 1.807) is 0 Å². The van der Waals surface area contributed by atoms with Gasteiger partial charge in [0.1, 0.15) is 0 Å². The van der Waals surface area contributed by atoms with Crippen LogP contribution in [0.25, 0.3) is 0 Å². The van der Waals surface area contributed by atoms with Crippen molar-refractivity contribution in [3.05, 3.63) is 70.8 Å². The summed E-state index contributed by atoms with van der Waals surface area (Å²) in [5.41, 5.74) is 5.78. The van der Waals surface area contributed by atoms with E-state index in [2.05, 4.69) is 74.7 Å². The fourth-order valence-electron chi connectivity index (χ4n) is 2.96. The van der Waals surface area contributed by atoms with E-state index in [0.717, 1.165) is 6.42 Å². The summed E-state index contributed by atoms with van der Waals surface area (Å²) in [6.07, 6.45) is 4.76. The van der Waals surface area contributed by atoms with Crippen LogP contribution in [0.1, 0.15) is 35.1 Å². The third-order valence-electron chi connectivity index (χ3n) is 4.36. The van der Waals surface area contributed by atoms with E-state index in [1.807, 2.05) is 0 Å². The molecular formula is C20H27N. The quantitative estimate of drug-likeness (QED) is 0.790. The van der Waals surface area contributed by atoms with Crippen molar-refractivity contribution >= 4 is 0 Å². The number of hydrogen-bond acceptors (Lipinski definition) is 1. The molecular weight excluding hydrogens is 254 g/mol. The molecule has 1 nitrogen and oxygen atoms in total. The predicted molar refractivity (Wildman–Crippen MR) is 91.8 cm³/mol. The fraction of sp³-hybridized carbons (Fsp3) is 0.400. The maximum absolute atomic E-state index is 3.49. The average molecular weight is 281 g/mol. The summed E-state index contributed by atoms with van der Waals surface area (Å²) >= 11 is 0. The Morgan fingerprint density at radius 1 is 0.905 bits per heavy atom. The zero-order valence-electron chi connectivity index (χ0n) is 13.5. The van der Waals surface area contributed by atoms with Gasteiger partial charge in [0.05, 0.1) is 0 Å². The molecule has 0 amide bonds. The number of likely N-dealkylation sites (N-methyl/N-ethyl adjacent to an activating group) is 1. The summed E-state index contributed by atoms with van der Waals surface area (Å²) in [4.78, 5) is 0. The lowest BCUT2D eigenvalue weighted by molar-refractivity contribution is 0.500. The van der Waals surface area contributed by atoms with Gasteiger partial charge in [0.25, 0.3) is 0 Å². The third kappa shape index (κ3) is 4.71. The SMILES string of the molecule is CNC(CCCc1ccccc1)Cc1c(C)cccc1C. The fourth-order valence-corrected chi connectivity index (χ4v) is 2.96. The summed E-state index contributed by atoms with van der Waals surface area (Å²) in [6.45, 7) is 4.44. The van der Waals surface area contributed by atoms with E-state index < -0.39 is 0 Å². The van der Waals surface area contributed by atoms with E-state index in [9.17, 15) is 0 Å². The van der Waals surface area contributed by atoms with Crippen LogP contribution >= 0.6 is 0 Å². The second-order valence-electron chi connectivity index (χ2n) is 5.94. The van der Waals surface area contributed by atoms with Gasteiger partial charge in [-0.05, 0) is 68.8 Å². The van der Waals surface area contributed by atoms with Crippen LogP contribution in [-0.2, 0) is 12.8 Å². The van der Waals surface area contributed by atoms with E-state index >= 15 is 0 Å². The maximum Gasteiger partial charge on any atom is 0.0105 e. The first-order valence-corrected chi connectivity index (χ1v) is 7.97. The van der Waals surface area contributed by atoms with Gasteiger partial charge in [0.15, 0.2) is 0 Å². The van der Waals surface area contributed by atoms with E-state index in [-0.39, 0.29) is 0 Å². The normalized spacial score (nSPS) is 12.3. The van der Waals surface area contributed by atoms with Crippen molar-refractivity contribution < 1.29 is 0 Å². The largest absolute Gasteiger partial charge is 0.317 e. The number of aryl methyl sites for hydroxylation is 3. The minimum atomic E-state index is 0.563. The van der Waals surface area contributed by atoms with Crippen LogP contribution in [0.15, 0.2) is 48.5 Å². The number of hydrogen-bond donors (Lipinski definition) is 1. The molecule has 0 saturated carbocycles. The van der Waals surface area contributed by atoms with Crippen molar-refractivity contribution in [2.24, 2.45) is 0 Å². The van der Waals surface area contributed by atoms with Gasteiger partial charge in [-0.2, -0.15) is 0 Å². The highest BCUT2D eigenvalue weighted by molar-refractivity contribution is 5.34. The molecule has 1 heteroatoms. The van der Waals surface area contributed by atoms with Crippen LogP contribution in [-0.4, -0.2) is 13.1 Å². The average Bonchev–Trinajstić information content (AvgIpc) is 2.50. The Morgan fingerprint density at radius 3 is 2.19 bits per heavy atom. The molecule has 0 spiro atoms. The number of nitrogens with one attached hydrogen (secondary N) is 1. The molecule has 0 aliphatic rings. The Morgan fingerprint density at radius 2 is 1.57 bits per heavy atom. The lowest BCUT2D eigenvalue weighted by Gasteiger charge is -2.19. The number of benzene rings is 2. The van der Waals surface area contributed by atoms with Crippen molar-refractivity contribution in [3.8, 4) is 0 Å².